The Balaban J connectivity index is 11.8. The summed E-state index contributed by atoms with van der Waals surface area (Å²) >= 11 is 0. The van der Waals surface area contributed by atoms with Gasteiger partial charge in [-0.05, 0) is 284 Å². The van der Waals surface area contributed by atoms with Crippen LogP contribution >= 0.6 is 0 Å². The second-order valence-electron chi connectivity index (χ2n) is 62.5. The van der Waals surface area contributed by atoms with Crippen molar-refractivity contribution >= 4 is 0 Å². The second-order valence-corrected chi connectivity index (χ2v) is 62.5. The predicted molar refractivity (Wildman–Crippen MR) is 658 cm³/mol. The van der Waals surface area contributed by atoms with Crippen LogP contribution in [-0.4, -0.2) is 21.4 Å². The molecule has 27 unspecified atom stereocenters. The maximum absolute atomic E-state index is 18.0. The van der Waals surface area contributed by atoms with E-state index >= 15 is 5.11 Å². The summed E-state index contributed by atoms with van der Waals surface area (Å²) in [5.74, 6) is 21.4. The van der Waals surface area contributed by atoms with Gasteiger partial charge < -0.3 is 10.2 Å². The summed E-state index contributed by atoms with van der Waals surface area (Å²) in [6, 6.07) is 0. The van der Waals surface area contributed by atoms with E-state index in [-0.39, 0.29) is 10.8 Å². The van der Waals surface area contributed by atoms with Crippen LogP contribution in [0.5, 0.6) is 0 Å². The molecule has 0 aromatic heterocycles. The Morgan fingerprint density at radius 2 is 0.243 bits per heavy atom. The van der Waals surface area contributed by atoms with E-state index in [1.165, 1.54) is 334 Å². The summed E-state index contributed by atoms with van der Waals surface area (Å²) < 4.78 is 0. The van der Waals surface area contributed by atoms with Crippen molar-refractivity contribution in [3.05, 3.63) is 0 Å². The summed E-state index contributed by atoms with van der Waals surface area (Å²) in [7, 11) is 0. The molecule has 27 atom stereocenters. The van der Waals surface area contributed by atoms with Gasteiger partial charge in [-0.15, -0.1) is 0 Å². The van der Waals surface area contributed by atoms with Gasteiger partial charge >= 0.3 is 0 Å². The van der Waals surface area contributed by atoms with E-state index in [2.05, 4.69) is 312 Å². The summed E-state index contributed by atoms with van der Waals surface area (Å²) in [4.78, 5) is 0. The standard InChI is InChI=1S/C142H286O2/c1-104(2)46-54-113(19)62-70-121(27)78-86-129(35)95-138(44,140(96-130(36)87-79-122(28)71-63-114(20)55-47-105(3)4,97-131(37)88-80-123(29)72-64-115(21)56-48-106(5)6)98-132(38)89-81-124(30)73-65-116(22)57-49-107(7)8)142(101-135(41)92-84-127(33)76-68-119(25)60-52-110(13)14,102-136(42)93-85-128(34)77-69-120(26)61-53-111(15)16)139(45,144)141(103-137(43,143)94-112(17)18,99-133(39)90-82-125(31)74-66-117(23)58-50-108(9)10)100-134(40)91-83-126(32)75-67-118(24)59-51-109(11)12/h104-136,143-144H,46-103H2,1-45H3. The molecular formula is C142H286O2. The fourth-order valence-corrected chi connectivity index (χ4v) is 28.7. The number of hydrogen-bond acceptors (Lipinski definition) is 2. The molecule has 0 aliphatic carbocycles. The van der Waals surface area contributed by atoms with Gasteiger partial charge in [-0.1, -0.05) is 606 Å². The normalized spacial score (nSPS) is 20.5. The zero-order chi connectivity index (χ0) is 110. The molecule has 0 bridgehead atoms. The van der Waals surface area contributed by atoms with E-state index < -0.39 is 22.0 Å². The molecule has 144 heavy (non-hydrogen) atoms. The molecule has 0 aliphatic heterocycles. The van der Waals surface area contributed by atoms with Crippen LogP contribution in [0.25, 0.3) is 0 Å². The molecule has 2 heteroatoms. The summed E-state index contributed by atoms with van der Waals surface area (Å²) in [6.07, 6.45) is 73.5. The highest BCUT2D eigenvalue weighted by Gasteiger charge is 2.71. The quantitative estimate of drug-likeness (QED) is 0.0637. The first-order valence-electron chi connectivity index (χ1n) is 66.4. The van der Waals surface area contributed by atoms with E-state index in [0.717, 1.165) is 127 Å². The smallest absolute Gasteiger partial charge is 0.0738 e. The fourth-order valence-electron chi connectivity index (χ4n) is 28.7. The van der Waals surface area contributed by atoms with Crippen molar-refractivity contribution in [3.8, 4) is 0 Å². The van der Waals surface area contributed by atoms with Crippen LogP contribution in [0.3, 0.4) is 0 Å². The van der Waals surface area contributed by atoms with Gasteiger partial charge in [0.15, 0.2) is 0 Å². The van der Waals surface area contributed by atoms with Crippen molar-refractivity contribution in [3.63, 3.8) is 0 Å². The van der Waals surface area contributed by atoms with Crippen molar-refractivity contribution in [1.82, 2.24) is 0 Å². The molecule has 0 radical (unpaired) electrons. The molecule has 0 heterocycles. The first kappa shape index (κ1) is 144. The van der Waals surface area contributed by atoms with Gasteiger partial charge in [0, 0.05) is 10.8 Å². The molecule has 0 aromatic carbocycles. The SMILES string of the molecule is CC(C)CCC(C)CCC(C)CCC(C)CC(CC(C)CCC(C)CCC(C)CCC(C)C)(CC(C)(O)CC(C)C)C(C)(O)C(CC(C)CCC(C)CCC(C)CCC(C)C)(CC(C)CCC(C)CCC(C)CCC(C)C)C(C)(CC(C)CCC(C)CCC(C)CCC(C)C)C(CC(C)CCC(C)CCC(C)CCC(C)C)(CC(C)CCC(C)CCC(C)CCC(C)C)CC(C)CCC(C)CCC(C)CCC(C)C. The third-order valence-corrected chi connectivity index (χ3v) is 39.9. The first-order chi connectivity index (χ1) is 66.9. The molecule has 2 nitrogen and oxygen atoms in total. The number of aliphatic hydroxyl groups is 2. The zero-order valence-electron chi connectivity index (χ0n) is 109. The first-order valence-corrected chi connectivity index (χ1v) is 66.4. The van der Waals surface area contributed by atoms with Gasteiger partial charge in [-0.3, -0.25) is 0 Å². The average Bonchev–Trinajstić information content (AvgIpc) is 0.680. The van der Waals surface area contributed by atoms with Crippen molar-refractivity contribution in [2.45, 2.75) is 695 Å². The molecule has 0 spiro atoms. The Bertz CT molecular complexity index is 2740. The number of hydrogen-bond donors (Lipinski definition) is 2. The van der Waals surface area contributed by atoms with Crippen LogP contribution in [0, 0.1) is 217 Å². The van der Waals surface area contributed by atoms with E-state index in [0.29, 0.717) is 107 Å². The van der Waals surface area contributed by atoms with Crippen LogP contribution in [0.2, 0.25) is 0 Å². The highest BCUT2D eigenvalue weighted by Crippen LogP contribution is 2.74. The van der Waals surface area contributed by atoms with Crippen LogP contribution in [0.15, 0.2) is 0 Å². The molecule has 0 amide bonds. The Morgan fingerprint density at radius 1 is 0.125 bits per heavy atom. The Labute approximate surface area is 916 Å². The monoisotopic (exact) mass is 2020 g/mol. The molecule has 0 rings (SSSR count). The maximum atomic E-state index is 18.0. The van der Waals surface area contributed by atoms with E-state index in [1.807, 2.05) is 0 Å². The van der Waals surface area contributed by atoms with Crippen molar-refractivity contribution in [2.24, 2.45) is 217 Å². The zero-order valence-corrected chi connectivity index (χ0v) is 109. The molecular weight excluding hydrogens is 1740 g/mol. The lowest BCUT2D eigenvalue weighted by Crippen LogP contribution is -2.70. The van der Waals surface area contributed by atoms with Crippen LogP contribution < -0.4 is 0 Å². The summed E-state index contributed by atoms with van der Waals surface area (Å²) in [5.41, 5.74) is -3.90. The van der Waals surface area contributed by atoms with Gasteiger partial charge in [0.05, 0.1) is 11.2 Å². The van der Waals surface area contributed by atoms with Gasteiger partial charge in [0.2, 0.25) is 0 Å². The van der Waals surface area contributed by atoms with Gasteiger partial charge in [0.1, 0.15) is 0 Å². The van der Waals surface area contributed by atoms with Gasteiger partial charge in [0.25, 0.3) is 0 Å². The van der Waals surface area contributed by atoms with Crippen LogP contribution in [0.1, 0.15) is 684 Å². The minimum atomic E-state index is -1.22. The molecule has 2 N–H and O–H groups in total. The molecule has 0 aromatic rings. The third-order valence-electron chi connectivity index (χ3n) is 39.9. The maximum Gasteiger partial charge on any atom is 0.0738 e. The van der Waals surface area contributed by atoms with E-state index in [9.17, 15) is 5.11 Å². The van der Waals surface area contributed by atoms with E-state index in [1.54, 1.807) is 0 Å². The third kappa shape index (κ3) is 65.8. The summed E-state index contributed by atoms with van der Waals surface area (Å²) in [6.45, 7) is 117. The predicted octanol–water partition coefficient (Wildman–Crippen LogP) is 48.3. The topological polar surface area (TPSA) is 40.5 Å². The van der Waals surface area contributed by atoms with E-state index in [4.69, 9.17) is 0 Å². The molecule has 0 fully saturated rings. The van der Waals surface area contributed by atoms with Gasteiger partial charge in [-0.25, -0.2) is 0 Å². The highest BCUT2D eigenvalue weighted by atomic mass is 16.3. The highest BCUT2D eigenvalue weighted by molar-refractivity contribution is 5.20. The largest absolute Gasteiger partial charge is 0.390 e. The molecule has 0 saturated carbocycles. The number of rotatable bonds is 96. The Kier molecular flexibility index (Phi) is 77.3. The van der Waals surface area contributed by atoms with Crippen molar-refractivity contribution in [2.75, 3.05) is 0 Å². The Hall–Kier alpha value is -0.0800. The lowest BCUT2D eigenvalue weighted by atomic mass is 9.35. The molecule has 0 saturated heterocycles. The van der Waals surface area contributed by atoms with Gasteiger partial charge in [-0.2, -0.15) is 0 Å². The second kappa shape index (κ2) is 77.3. The Morgan fingerprint density at radius 3 is 0.382 bits per heavy atom. The van der Waals surface area contributed by atoms with Crippen molar-refractivity contribution < 1.29 is 10.2 Å². The minimum absolute atomic E-state index is 0.135. The average molecular weight is 2030 g/mol. The van der Waals surface area contributed by atoms with Crippen LogP contribution in [0.4, 0.5) is 0 Å². The molecule has 866 valence electrons. The van der Waals surface area contributed by atoms with Crippen LogP contribution in [-0.2, 0) is 0 Å². The lowest BCUT2D eigenvalue weighted by molar-refractivity contribution is -0.281. The van der Waals surface area contributed by atoms with Crippen molar-refractivity contribution in [1.29, 1.82) is 0 Å². The molecule has 0 aliphatic rings. The fraction of sp³-hybridized carbons (Fsp3) is 1.00. The minimum Gasteiger partial charge on any atom is -0.390 e. The lowest BCUT2D eigenvalue weighted by Gasteiger charge is -2.71. The summed E-state index contributed by atoms with van der Waals surface area (Å²) in [5, 5.41) is 32.8.